The Balaban J connectivity index is 2.14. The number of phenolic OH excluding ortho intramolecular Hbond substituents is 1. The average molecular weight is 254 g/mol. The van der Waals surface area contributed by atoms with Gasteiger partial charge in [-0.1, -0.05) is 42.5 Å². The first-order valence-corrected chi connectivity index (χ1v) is 5.91. The second kappa shape index (κ2) is 5.98. The summed E-state index contributed by atoms with van der Waals surface area (Å²) in [6.45, 7) is 0.000806. The van der Waals surface area contributed by atoms with Crippen molar-refractivity contribution in [1.82, 2.24) is 0 Å². The van der Waals surface area contributed by atoms with Crippen LogP contribution < -0.4 is 0 Å². The number of aliphatic hydroxyl groups excluding tert-OH is 1. The molecule has 0 aromatic heterocycles. The molecule has 0 saturated heterocycles. The number of carbonyl (C=O) groups is 1. The molecule has 2 aromatic rings. The van der Waals surface area contributed by atoms with E-state index in [0.29, 0.717) is 0 Å². The molecule has 19 heavy (non-hydrogen) atoms. The van der Waals surface area contributed by atoms with Crippen LogP contribution in [0, 0.1) is 0 Å². The van der Waals surface area contributed by atoms with Crippen LogP contribution in [-0.4, -0.2) is 16.0 Å². The number of hydrogen-bond acceptors (Lipinski definition) is 3. The van der Waals surface area contributed by atoms with E-state index in [1.54, 1.807) is 36.4 Å². The van der Waals surface area contributed by atoms with Gasteiger partial charge in [-0.3, -0.25) is 4.79 Å². The van der Waals surface area contributed by atoms with Gasteiger partial charge in [-0.15, -0.1) is 0 Å². The molecular formula is C16H14O3. The third-order valence-electron chi connectivity index (χ3n) is 2.76. The van der Waals surface area contributed by atoms with E-state index in [1.807, 2.05) is 12.1 Å². The van der Waals surface area contributed by atoms with Gasteiger partial charge in [-0.25, -0.2) is 0 Å². The predicted octanol–water partition coefficient (Wildman–Crippen LogP) is 2.78. The molecule has 0 aliphatic rings. The molecule has 3 nitrogen and oxygen atoms in total. The molecule has 0 spiro atoms. The maximum atomic E-state index is 11.9. The number of rotatable bonds is 4. The SMILES string of the molecule is O=C(/C=C/c1ccc(CO)cc1)c1ccccc1O. The first kappa shape index (κ1) is 13.1. The van der Waals surface area contributed by atoms with Crippen molar-refractivity contribution in [3.8, 4) is 5.75 Å². The number of aliphatic hydroxyl groups is 1. The van der Waals surface area contributed by atoms with Crippen LogP contribution in [0.2, 0.25) is 0 Å². The standard InChI is InChI=1S/C16H14O3/c17-11-13-7-5-12(6-8-13)9-10-16(19)14-3-1-2-4-15(14)18/h1-10,17-18H,11H2/b10-9+. The van der Waals surface area contributed by atoms with Gasteiger partial charge in [0.1, 0.15) is 5.75 Å². The fourth-order valence-corrected chi connectivity index (χ4v) is 1.68. The summed E-state index contributed by atoms with van der Waals surface area (Å²) in [7, 11) is 0. The van der Waals surface area contributed by atoms with Gasteiger partial charge in [-0.05, 0) is 29.3 Å². The van der Waals surface area contributed by atoms with Crippen LogP contribution in [0.15, 0.2) is 54.6 Å². The number of ketones is 1. The number of phenols is 1. The van der Waals surface area contributed by atoms with Crippen LogP contribution in [-0.2, 0) is 6.61 Å². The summed E-state index contributed by atoms with van der Waals surface area (Å²) >= 11 is 0. The molecule has 0 unspecified atom stereocenters. The molecule has 0 saturated carbocycles. The van der Waals surface area contributed by atoms with E-state index in [-0.39, 0.29) is 23.7 Å². The molecule has 0 aliphatic heterocycles. The third-order valence-corrected chi connectivity index (χ3v) is 2.76. The number of benzene rings is 2. The first-order chi connectivity index (χ1) is 9.20. The maximum absolute atomic E-state index is 11.9. The molecule has 3 heteroatoms. The lowest BCUT2D eigenvalue weighted by Gasteiger charge is -1.99. The van der Waals surface area contributed by atoms with Gasteiger partial charge in [0, 0.05) is 0 Å². The zero-order valence-electron chi connectivity index (χ0n) is 10.3. The van der Waals surface area contributed by atoms with Gasteiger partial charge in [-0.2, -0.15) is 0 Å². The van der Waals surface area contributed by atoms with Gasteiger partial charge in [0.05, 0.1) is 12.2 Å². The Hall–Kier alpha value is -2.39. The van der Waals surface area contributed by atoms with Gasteiger partial charge in [0.25, 0.3) is 0 Å². The van der Waals surface area contributed by atoms with Crippen LogP contribution in [0.1, 0.15) is 21.5 Å². The van der Waals surface area contributed by atoms with Gasteiger partial charge in [0.2, 0.25) is 0 Å². The smallest absolute Gasteiger partial charge is 0.189 e. The van der Waals surface area contributed by atoms with Crippen LogP contribution in [0.25, 0.3) is 6.08 Å². The highest BCUT2D eigenvalue weighted by Gasteiger charge is 2.06. The summed E-state index contributed by atoms with van der Waals surface area (Å²) < 4.78 is 0. The molecule has 0 amide bonds. The lowest BCUT2D eigenvalue weighted by atomic mass is 10.1. The van der Waals surface area contributed by atoms with Crippen molar-refractivity contribution in [1.29, 1.82) is 0 Å². The van der Waals surface area contributed by atoms with E-state index < -0.39 is 0 Å². The minimum absolute atomic E-state index is 0.000806. The minimum Gasteiger partial charge on any atom is -0.507 e. The maximum Gasteiger partial charge on any atom is 0.189 e. The fraction of sp³-hybridized carbons (Fsp3) is 0.0625. The Morgan fingerprint density at radius 1 is 1.05 bits per heavy atom. The highest BCUT2D eigenvalue weighted by Crippen LogP contribution is 2.17. The van der Waals surface area contributed by atoms with Gasteiger partial charge >= 0.3 is 0 Å². The Bertz CT molecular complexity index is 598. The third kappa shape index (κ3) is 3.30. The van der Waals surface area contributed by atoms with E-state index in [4.69, 9.17) is 5.11 Å². The highest BCUT2D eigenvalue weighted by molar-refractivity contribution is 6.08. The largest absolute Gasteiger partial charge is 0.507 e. The molecule has 96 valence electrons. The van der Waals surface area contributed by atoms with Crippen LogP contribution >= 0.6 is 0 Å². The van der Waals surface area contributed by atoms with E-state index in [1.165, 1.54) is 12.1 Å². The topological polar surface area (TPSA) is 57.5 Å². The van der Waals surface area contributed by atoms with E-state index in [0.717, 1.165) is 11.1 Å². The van der Waals surface area contributed by atoms with Crippen LogP contribution in [0.3, 0.4) is 0 Å². The molecule has 0 bridgehead atoms. The first-order valence-electron chi connectivity index (χ1n) is 5.91. The van der Waals surface area contributed by atoms with Crippen molar-refractivity contribution >= 4 is 11.9 Å². The summed E-state index contributed by atoms with van der Waals surface area (Å²) in [5, 5.41) is 18.5. The molecular weight excluding hydrogens is 240 g/mol. The normalized spacial score (nSPS) is 10.8. The van der Waals surface area contributed by atoms with Crippen molar-refractivity contribution in [2.75, 3.05) is 0 Å². The van der Waals surface area contributed by atoms with Gasteiger partial charge in [0.15, 0.2) is 5.78 Å². The Morgan fingerprint density at radius 2 is 1.74 bits per heavy atom. The monoisotopic (exact) mass is 254 g/mol. The molecule has 0 atom stereocenters. The molecule has 2 N–H and O–H groups in total. The number of aromatic hydroxyl groups is 1. The number of para-hydroxylation sites is 1. The zero-order chi connectivity index (χ0) is 13.7. The van der Waals surface area contributed by atoms with Crippen LogP contribution in [0.5, 0.6) is 5.75 Å². The summed E-state index contributed by atoms with van der Waals surface area (Å²) in [5.41, 5.74) is 1.97. The second-order valence-electron chi connectivity index (χ2n) is 4.11. The van der Waals surface area contributed by atoms with Crippen molar-refractivity contribution in [2.45, 2.75) is 6.61 Å². The van der Waals surface area contributed by atoms with Crippen molar-refractivity contribution < 1.29 is 15.0 Å². The summed E-state index contributed by atoms with van der Waals surface area (Å²) in [6, 6.07) is 13.7. The molecule has 0 aliphatic carbocycles. The lowest BCUT2D eigenvalue weighted by Crippen LogP contribution is -1.94. The molecule has 0 fully saturated rings. The predicted molar refractivity (Wildman–Crippen MR) is 73.8 cm³/mol. The average Bonchev–Trinajstić information content (AvgIpc) is 2.46. The number of carbonyl (C=O) groups excluding carboxylic acids is 1. The summed E-state index contributed by atoms with van der Waals surface area (Å²) in [6.07, 6.45) is 3.10. The van der Waals surface area contributed by atoms with Gasteiger partial charge < -0.3 is 10.2 Å². The van der Waals surface area contributed by atoms with E-state index in [2.05, 4.69) is 0 Å². The minimum atomic E-state index is -0.246. The second-order valence-corrected chi connectivity index (χ2v) is 4.11. The Labute approximate surface area is 111 Å². The van der Waals surface area contributed by atoms with E-state index >= 15 is 0 Å². The quantitative estimate of drug-likeness (QED) is 0.651. The van der Waals surface area contributed by atoms with Crippen molar-refractivity contribution in [2.24, 2.45) is 0 Å². The number of hydrogen-bond donors (Lipinski definition) is 2. The van der Waals surface area contributed by atoms with Crippen LogP contribution in [0.4, 0.5) is 0 Å². The Kier molecular flexibility index (Phi) is 4.11. The molecule has 2 rings (SSSR count). The van der Waals surface area contributed by atoms with E-state index in [9.17, 15) is 9.90 Å². The number of allylic oxidation sites excluding steroid dienone is 1. The van der Waals surface area contributed by atoms with Crippen molar-refractivity contribution in [3.63, 3.8) is 0 Å². The summed E-state index contributed by atoms with van der Waals surface area (Å²) in [4.78, 5) is 11.9. The fourth-order valence-electron chi connectivity index (χ4n) is 1.68. The van der Waals surface area contributed by atoms with Crippen molar-refractivity contribution in [3.05, 3.63) is 71.3 Å². The molecule has 0 radical (unpaired) electrons. The zero-order valence-corrected chi connectivity index (χ0v) is 10.3. The summed E-state index contributed by atoms with van der Waals surface area (Å²) in [5.74, 6) is -0.267. The molecule has 0 heterocycles. The molecule has 2 aromatic carbocycles. The lowest BCUT2D eigenvalue weighted by molar-refractivity contribution is 0.104. The highest BCUT2D eigenvalue weighted by atomic mass is 16.3. The Morgan fingerprint density at radius 3 is 2.37 bits per heavy atom.